The molecule has 0 aliphatic carbocycles. The van der Waals surface area contributed by atoms with Crippen LogP contribution in [0.3, 0.4) is 0 Å². The van der Waals surface area contributed by atoms with Crippen LogP contribution < -0.4 is 0 Å². The molecule has 0 fully saturated rings. The van der Waals surface area contributed by atoms with Crippen LogP contribution in [0.4, 0.5) is 0 Å². The standard InChI is InChI=1S/C11H22/c1-5-11(6-2)9-7-8-10(3)4/h5,10H,6-9H2,1-4H3. The van der Waals surface area contributed by atoms with Crippen molar-refractivity contribution in [1.29, 1.82) is 0 Å². The first-order valence-corrected chi connectivity index (χ1v) is 4.84. The minimum Gasteiger partial charge on any atom is -0.0885 e. The van der Waals surface area contributed by atoms with E-state index < -0.39 is 0 Å². The highest BCUT2D eigenvalue weighted by Crippen LogP contribution is 2.13. The summed E-state index contributed by atoms with van der Waals surface area (Å²) in [5.41, 5.74) is 1.62. The molecule has 0 heteroatoms. The largest absolute Gasteiger partial charge is 0.0885 e. The first-order chi connectivity index (χ1) is 5.20. The van der Waals surface area contributed by atoms with Gasteiger partial charge in [-0.25, -0.2) is 0 Å². The van der Waals surface area contributed by atoms with Crippen LogP contribution in [0.2, 0.25) is 0 Å². The molecule has 11 heavy (non-hydrogen) atoms. The molecule has 0 amide bonds. The van der Waals surface area contributed by atoms with Gasteiger partial charge in [-0.15, -0.1) is 0 Å². The molecule has 0 aliphatic heterocycles. The maximum Gasteiger partial charge on any atom is -0.0320 e. The minimum atomic E-state index is 0.866. The summed E-state index contributed by atoms with van der Waals surface area (Å²) in [6.07, 6.45) is 7.54. The highest BCUT2D eigenvalue weighted by molar-refractivity contribution is 4.98. The minimum absolute atomic E-state index is 0.866. The van der Waals surface area contributed by atoms with E-state index in [9.17, 15) is 0 Å². The van der Waals surface area contributed by atoms with E-state index >= 15 is 0 Å². The van der Waals surface area contributed by atoms with Crippen LogP contribution in [0.25, 0.3) is 0 Å². The van der Waals surface area contributed by atoms with Gasteiger partial charge in [-0.2, -0.15) is 0 Å². The van der Waals surface area contributed by atoms with Crippen LogP contribution >= 0.6 is 0 Å². The van der Waals surface area contributed by atoms with Crippen molar-refractivity contribution in [1.82, 2.24) is 0 Å². The lowest BCUT2D eigenvalue weighted by molar-refractivity contribution is 0.552. The van der Waals surface area contributed by atoms with Gasteiger partial charge in [-0.1, -0.05) is 38.8 Å². The summed E-state index contributed by atoms with van der Waals surface area (Å²) in [4.78, 5) is 0. The fourth-order valence-corrected chi connectivity index (χ4v) is 1.26. The average molecular weight is 154 g/mol. The first kappa shape index (κ1) is 10.7. The highest BCUT2D eigenvalue weighted by atomic mass is 14.0. The Balaban J connectivity index is 3.37. The second kappa shape index (κ2) is 6.45. The maximum absolute atomic E-state index is 2.29. The van der Waals surface area contributed by atoms with Crippen LogP contribution in [-0.4, -0.2) is 0 Å². The Bertz CT molecular complexity index is 109. The molecule has 0 aliphatic rings. The van der Waals surface area contributed by atoms with E-state index in [1.54, 1.807) is 5.57 Å². The Morgan fingerprint density at radius 2 is 2.00 bits per heavy atom. The van der Waals surface area contributed by atoms with Crippen molar-refractivity contribution in [3.8, 4) is 0 Å². The zero-order valence-electron chi connectivity index (χ0n) is 8.48. The molecule has 0 bridgehead atoms. The maximum atomic E-state index is 2.29. The molecule has 0 heterocycles. The molecule has 0 nitrogen and oxygen atoms in total. The number of hydrogen-bond acceptors (Lipinski definition) is 0. The molecule has 0 saturated carbocycles. The van der Waals surface area contributed by atoms with Gasteiger partial charge in [0.25, 0.3) is 0 Å². The highest BCUT2D eigenvalue weighted by Gasteiger charge is 1.95. The SMILES string of the molecule is CC=C(CC)CCCC(C)C. The van der Waals surface area contributed by atoms with Crippen LogP contribution in [0.5, 0.6) is 0 Å². The summed E-state index contributed by atoms with van der Waals surface area (Å²) in [5, 5.41) is 0. The zero-order chi connectivity index (χ0) is 8.69. The van der Waals surface area contributed by atoms with Gasteiger partial charge in [-0.3, -0.25) is 0 Å². The summed E-state index contributed by atoms with van der Waals surface area (Å²) in [6, 6.07) is 0. The van der Waals surface area contributed by atoms with E-state index in [1.165, 1.54) is 25.7 Å². The molecule has 0 aromatic carbocycles. The number of rotatable bonds is 5. The Morgan fingerprint density at radius 1 is 1.36 bits per heavy atom. The van der Waals surface area contributed by atoms with Crippen molar-refractivity contribution in [2.24, 2.45) is 5.92 Å². The Hall–Kier alpha value is -0.260. The fourth-order valence-electron chi connectivity index (χ4n) is 1.26. The van der Waals surface area contributed by atoms with Gasteiger partial charge < -0.3 is 0 Å². The van der Waals surface area contributed by atoms with Crippen LogP contribution in [0, 0.1) is 5.92 Å². The lowest BCUT2D eigenvalue weighted by atomic mass is 10.0. The molecule has 0 unspecified atom stereocenters. The van der Waals surface area contributed by atoms with Gasteiger partial charge in [0.1, 0.15) is 0 Å². The summed E-state index contributed by atoms with van der Waals surface area (Å²) < 4.78 is 0. The smallest absolute Gasteiger partial charge is 0.0320 e. The summed E-state index contributed by atoms with van der Waals surface area (Å²) in [6.45, 7) is 8.97. The predicted octanol–water partition coefficient (Wildman–Crippen LogP) is 4.17. The van der Waals surface area contributed by atoms with Gasteiger partial charge in [0.05, 0.1) is 0 Å². The Labute approximate surface area is 71.7 Å². The molecule has 0 aromatic rings. The molecule has 0 atom stereocenters. The van der Waals surface area contributed by atoms with E-state index in [2.05, 4.69) is 33.8 Å². The third kappa shape index (κ3) is 6.15. The van der Waals surface area contributed by atoms with E-state index in [1.807, 2.05) is 0 Å². The molecule has 0 saturated heterocycles. The molecule has 0 N–H and O–H groups in total. The molecular weight excluding hydrogens is 132 g/mol. The molecule has 0 spiro atoms. The van der Waals surface area contributed by atoms with Gasteiger partial charge >= 0.3 is 0 Å². The summed E-state index contributed by atoms with van der Waals surface area (Å²) in [5.74, 6) is 0.866. The third-order valence-electron chi connectivity index (χ3n) is 2.14. The topological polar surface area (TPSA) is 0 Å². The molecule has 0 radical (unpaired) electrons. The van der Waals surface area contributed by atoms with Crippen molar-refractivity contribution < 1.29 is 0 Å². The Kier molecular flexibility index (Phi) is 6.30. The molecular formula is C11H22. The average Bonchev–Trinajstić information content (AvgIpc) is 1.98. The molecule has 66 valence electrons. The van der Waals surface area contributed by atoms with E-state index in [0.29, 0.717) is 0 Å². The van der Waals surface area contributed by atoms with Crippen molar-refractivity contribution in [2.75, 3.05) is 0 Å². The van der Waals surface area contributed by atoms with Crippen LogP contribution in [-0.2, 0) is 0 Å². The zero-order valence-corrected chi connectivity index (χ0v) is 8.48. The van der Waals surface area contributed by atoms with Crippen molar-refractivity contribution >= 4 is 0 Å². The summed E-state index contributed by atoms with van der Waals surface area (Å²) in [7, 11) is 0. The molecule has 0 rings (SSSR count). The summed E-state index contributed by atoms with van der Waals surface area (Å²) >= 11 is 0. The van der Waals surface area contributed by atoms with Crippen molar-refractivity contribution in [3.63, 3.8) is 0 Å². The van der Waals surface area contributed by atoms with Gasteiger partial charge in [0.15, 0.2) is 0 Å². The second-order valence-corrected chi connectivity index (χ2v) is 3.59. The lowest BCUT2D eigenvalue weighted by Crippen LogP contribution is -1.88. The van der Waals surface area contributed by atoms with Crippen LogP contribution in [0.15, 0.2) is 11.6 Å². The van der Waals surface area contributed by atoms with E-state index in [0.717, 1.165) is 5.92 Å². The third-order valence-corrected chi connectivity index (χ3v) is 2.14. The van der Waals surface area contributed by atoms with Crippen molar-refractivity contribution in [3.05, 3.63) is 11.6 Å². The quantitative estimate of drug-likeness (QED) is 0.521. The molecule has 0 aromatic heterocycles. The van der Waals surface area contributed by atoms with Gasteiger partial charge in [0.2, 0.25) is 0 Å². The monoisotopic (exact) mass is 154 g/mol. The first-order valence-electron chi connectivity index (χ1n) is 4.84. The predicted molar refractivity (Wildman–Crippen MR) is 52.7 cm³/mol. The van der Waals surface area contributed by atoms with Crippen molar-refractivity contribution in [2.45, 2.75) is 53.4 Å². The van der Waals surface area contributed by atoms with E-state index in [-0.39, 0.29) is 0 Å². The van der Waals surface area contributed by atoms with Crippen LogP contribution in [0.1, 0.15) is 53.4 Å². The number of hydrogen-bond donors (Lipinski definition) is 0. The Morgan fingerprint density at radius 3 is 2.36 bits per heavy atom. The van der Waals surface area contributed by atoms with Gasteiger partial charge in [-0.05, 0) is 32.1 Å². The van der Waals surface area contributed by atoms with Gasteiger partial charge in [0, 0.05) is 0 Å². The second-order valence-electron chi connectivity index (χ2n) is 3.59. The lowest BCUT2D eigenvalue weighted by Gasteiger charge is -2.05. The fraction of sp³-hybridized carbons (Fsp3) is 0.818. The van der Waals surface area contributed by atoms with E-state index in [4.69, 9.17) is 0 Å². The normalized spacial score (nSPS) is 12.6. The number of allylic oxidation sites excluding steroid dienone is 2.